The number of rotatable bonds is 6. The zero-order valence-electron chi connectivity index (χ0n) is 14.6. The van der Waals surface area contributed by atoms with Crippen molar-refractivity contribution in [2.45, 2.75) is 6.61 Å². The van der Waals surface area contributed by atoms with Gasteiger partial charge in [-0.3, -0.25) is 0 Å². The molecule has 0 spiro atoms. The number of ether oxygens (including phenoxy) is 2. The SMILES string of the molecule is COc1cc(C=NNC(N)=O)cc(Br)c1OCc1cccc2ccccc12. The second-order valence-electron chi connectivity index (χ2n) is 5.70. The quantitative estimate of drug-likeness (QED) is 0.456. The molecule has 6 nitrogen and oxygen atoms in total. The summed E-state index contributed by atoms with van der Waals surface area (Å²) in [5.41, 5.74) is 8.93. The minimum atomic E-state index is -0.729. The van der Waals surface area contributed by atoms with Crippen molar-refractivity contribution < 1.29 is 14.3 Å². The van der Waals surface area contributed by atoms with E-state index in [9.17, 15) is 4.79 Å². The van der Waals surface area contributed by atoms with Gasteiger partial charge in [-0.25, -0.2) is 10.2 Å². The minimum Gasteiger partial charge on any atom is -0.493 e. The van der Waals surface area contributed by atoms with Crippen molar-refractivity contribution in [2.75, 3.05) is 7.11 Å². The van der Waals surface area contributed by atoms with Crippen molar-refractivity contribution >= 4 is 38.9 Å². The number of hydrogen-bond acceptors (Lipinski definition) is 4. The van der Waals surface area contributed by atoms with Crippen LogP contribution in [0.15, 0.2) is 64.2 Å². The van der Waals surface area contributed by atoms with Gasteiger partial charge in [-0.1, -0.05) is 42.5 Å². The van der Waals surface area contributed by atoms with Gasteiger partial charge >= 0.3 is 6.03 Å². The van der Waals surface area contributed by atoms with Gasteiger partial charge in [0.05, 0.1) is 17.8 Å². The summed E-state index contributed by atoms with van der Waals surface area (Å²) in [6.07, 6.45) is 1.46. The number of carbonyl (C=O) groups excluding carboxylic acids is 1. The average Bonchev–Trinajstić information content (AvgIpc) is 2.66. The molecule has 0 aliphatic carbocycles. The number of hydrazone groups is 1. The third kappa shape index (κ3) is 4.57. The van der Waals surface area contributed by atoms with Gasteiger partial charge in [-0.2, -0.15) is 5.10 Å². The summed E-state index contributed by atoms with van der Waals surface area (Å²) in [4.78, 5) is 10.7. The van der Waals surface area contributed by atoms with Crippen molar-refractivity contribution in [3.05, 3.63) is 70.2 Å². The summed E-state index contributed by atoms with van der Waals surface area (Å²) in [5.74, 6) is 1.13. The zero-order chi connectivity index (χ0) is 19.2. The Hall–Kier alpha value is -3.06. The predicted octanol–water partition coefficient (Wildman–Crippen LogP) is 4.19. The molecule has 0 radical (unpaired) electrons. The molecule has 0 unspecified atom stereocenters. The van der Waals surface area contributed by atoms with E-state index in [2.05, 4.69) is 44.7 Å². The molecule has 7 heteroatoms. The second-order valence-corrected chi connectivity index (χ2v) is 6.55. The number of urea groups is 1. The van der Waals surface area contributed by atoms with E-state index in [1.54, 1.807) is 13.2 Å². The fourth-order valence-corrected chi connectivity index (χ4v) is 3.27. The summed E-state index contributed by atoms with van der Waals surface area (Å²) in [7, 11) is 1.56. The van der Waals surface area contributed by atoms with Gasteiger partial charge in [0.2, 0.25) is 0 Å². The fraction of sp³-hybridized carbons (Fsp3) is 0.100. The maximum absolute atomic E-state index is 10.7. The molecule has 2 amide bonds. The summed E-state index contributed by atoms with van der Waals surface area (Å²) >= 11 is 3.50. The summed E-state index contributed by atoms with van der Waals surface area (Å²) in [6, 6.07) is 17.1. The highest BCUT2D eigenvalue weighted by atomic mass is 79.9. The van der Waals surface area contributed by atoms with E-state index in [4.69, 9.17) is 15.2 Å². The minimum absolute atomic E-state index is 0.396. The molecule has 0 aliphatic heterocycles. The summed E-state index contributed by atoms with van der Waals surface area (Å²) < 4.78 is 12.2. The van der Waals surface area contributed by atoms with Gasteiger partial charge < -0.3 is 15.2 Å². The Morgan fingerprint density at radius 2 is 2.00 bits per heavy atom. The molecule has 3 N–H and O–H groups in total. The topological polar surface area (TPSA) is 85.9 Å². The molecule has 0 bridgehead atoms. The molecule has 0 aromatic heterocycles. The molecular formula is C20H18BrN3O3. The highest BCUT2D eigenvalue weighted by Crippen LogP contribution is 2.37. The number of amides is 2. The van der Waals surface area contributed by atoms with Crippen LogP contribution in [0.4, 0.5) is 4.79 Å². The number of primary amides is 1. The first-order chi connectivity index (χ1) is 13.1. The first kappa shape index (κ1) is 18.7. The van der Waals surface area contributed by atoms with Crippen LogP contribution in [0.2, 0.25) is 0 Å². The van der Waals surface area contributed by atoms with Crippen LogP contribution in [0.25, 0.3) is 10.8 Å². The van der Waals surface area contributed by atoms with Crippen molar-refractivity contribution in [1.29, 1.82) is 0 Å². The molecule has 0 atom stereocenters. The number of methoxy groups -OCH3 is 1. The third-order valence-electron chi connectivity index (χ3n) is 3.89. The molecule has 0 fully saturated rings. The molecule has 0 saturated heterocycles. The Kier molecular flexibility index (Phi) is 5.93. The van der Waals surface area contributed by atoms with Gasteiger partial charge in [-0.15, -0.1) is 0 Å². The third-order valence-corrected chi connectivity index (χ3v) is 4.48. The Balaban J connectivity index is 1.84. The molecule has 0 saturated carbocycles. The van der Waals surface area contributed by atoms with Crippen LogP contribution in [0.1, 0.15) is 11.1 Å². The number of nitrogens with one attached hydrogen (secondary N) is 1. The van der Waals surface area contributed by atoms with Crippen LogP contribution in [0.5, 0.6) is 11.5 Å². The molecular weight excluding hydrogens is 410 g/mol. The fourth-order valence-electron chi connectivity index (χ4n) is 2.69. The van der Waals surface area contributed by atoms with Crippen LogP contribution in [-0.4, -0.2) is 19.4 Å². The normalized spacial score (nSPS) is 10.9. The zero-order valence-corrected chi connectivity index (χ0v) is 16.2. The Labute approximate surface area is 165 Å². The van der Waals surface area contributed by atoms with Crippen molar-refractivity contribution in [2.24, 2.45) is 10.8 Å². The van der Waals surface area contributed by atoms with Gasteiger partial charge in [-0.05, 0) is 50.0 Å². The smallest absolute Gasteiger partial charge is 0.332 e. The Morgan fingerprint density at radius 3 is 2.78 bits per heavy atom. The van der Waals surface area contributed by atoms with Gasteiger partial charge in [0.1, 0.15) is 6.61 Å². The lowest BCUT2D eigenvalue weighted by molar-refractivity contribution is 0.249. The van der Waals surface area contributed by atoms with Crippen LogP contribution in [0.3, 0.4) is 0 Å². The van der Waals surface area contributed by atoms with E-state index in [0.717, 1.165) is 16.3 Å². The van der Waals surface area contributed by atoms with Crippen LogP contribution < -0.4 is 20.6 Å². The molecule has 3 aromatic rings. The second kappa shape index (κ2) is 8.55. The van der Waals surface area contributed by atoms with Gasteiger partial charge in [0.25, 0.3) is 0 Å². The summed E-state index contributed by atoms with van der Waals surface area (Å²) in [5, 5.41) is 6.06. The van der Waals surface area contributed by atoms with Gasteiger partial charge in [0.15, 0.2) is 11.5 Å². The number of carbonyl (C=O) groups is 1. The number of hydrogen-bond donors (Lipinski definition) is 2. The maximum Gasteiger partial charge on any atom is 0.332 e. The molecule has 138 valence electrons. The lowest BCUT2D eigenvalue weighted by Crippen LogP contribution is -2.24. The van der Waals surface area contributed by atoms with E-state index < -0.39 is 6.03 Å². The first-order valence-corrected chi connectivity index (χ1v) is 8.93. The lowest BCUT2D eigenvalue weighted by atomic mass is 10.1. The Bertz CT molecular complexity index is 1000. The highest BCUT2D eigenvalue weighted by molar-refractivity contribution is 9.10. The highest BCUT2D eigenvalue weighted by Gasteiger charge is 2.12. The predicted molar refractivity (Wildman–Crippen MR) is 109 cm³/mol. The van der Waals surface area contributed by atoms with Crippen LogP contribution in [-0.2, 0) is 6.61 Å². The number of halogens is 1. The number of nitrogens with two attached hydrogens (primary N) is 1. The summed E-state index contributed by atoms with van der Waals surface area (Å²) in [6.45, 7) is 0.396. The van der Waals surface area contributed by atoms with E-state index in [0.29, 0.717) is 28.1 Å². The number of nitrogens with zero attached hydrogens (tertiary/aromatic N) is 1. The number of fused-ring (bicyclic) bond motifs is 1. The largest absolute Gasteiger partial charge is 0.493 e. The monoisotopic (exact) mass is 427 g/mol. The van der Waals surface area contributed by atoms with E-state index >= 15 is 0 Å². The standard InChI is InChI=1S/C20H18BrN3O3/c1-26-18-10-13(11-23-24-20(22)25)9-17(21)19(18)27-12-15-7-4-6-14-5-2-3-8-16(14)15/h2-11H,12H2,1H3,(H3,22,24,25). The molecule has 0 heterocycles. The van der Waals surface area contributed by atoms with Gasteiger partial charge in [0, 0.05) is 0 Å². The first-order valence-electron chi connectivity index (χ1n) is 8.14. The molecule has 3 aromatic carbocycles. The average molecular weight is 428 g/mol. The molecule has 3 rings (SSSR count). The van der Waals surface area contributed by atoms with E-state index in [1.807, 2.05) is 30.3 Å². The number of benzene rings is 3. The van der Waals surface area contributed by atoms with E-state index in [-0.39, 0.29) is 0 Å². The van der Waals surface area contributed by atoms with Crippen molar-refractivity contribution in [1.82, 2.24) is 5.43 Å². The van der Waals surface area contributed by atoms with Crippen molar-refractivity contribution in [3.63, 3.8) is 0 Å². The van der Waals surface area contributed by atoms with Crippen molar-refractivity contribution in [3.8, 4) is 11.5 Å². The lowest BCUT2D eigenvalue weighted by Gasteiger charge is -2.14. The Morgan fingerprint density at radius 1 is 1.22 bits per heavy atom. The van der Waals surface area contributed by atoms with E-state index in [1.165, 1.54) is 6.21 Å². The van der Waals surface area contributed by atoms with Crippen LogP contribution in [0, 0.1) is 0 Å². The van der Waals surface area contributed by atoms with Crippen LogP contribution >= 0.6 is 15.9 Å². The molecule has 0 aliphatic rings. The maximum atomic E-state index is 10.7. The molecule has 27 heavy (non-hydrogen) atoms.